The molecule has 0 spiro atoms. The Kier molecular flexibility index (Phi) is 5.80. The van der Waals surface area contributed by atoms with Gasteiger partial charge >= 0.3 is 0 Å². The van der Waals surface area contributed by atoms with Crippen molar-refractivity contribution in [2.45, 2.75) is 19.3 Å². The van der Waals surface area contributed by atoms with E-state index in [0.717, 1.165) is 12.8 Å². The normalized spacial score (nSPS) is 20.9. The van der Waals surface area contributed by atoms with E-state index in [4.69, 9.17) is 30.5 Å². The Morgan fingerprint density at radius 1 is 1.07 bits per heavy atom. The molecule has 0 amide bonds. The van der Waals surface area contributed by atoms with Crippen molar-refractivity contribution in [1.82, 2.24) is 0 Å². The lowest BCUT2D eigenvalue weighted by molar-refractivity contribution is -0.113. The van der Waals surface area contributed by atoms with Gasteiger partial charge in [-0.3, -0.25) is 4.79 Å². The first-order valence-corrected chi connectivity index (χ1v) is 9.11. The van der Waals surface area contributed by atoms with Crippen LogP contribution in [0, 0.1) is 5.92 Å². The Morgan fingerprint density at radius 3 is 2.48 bits per heavy atom. The fourth-order valence-electron chi connectivity index (χ4n) is 3.67. The van der Waals surface area contributed by atoms with E-state index < -0.39 is 0 Å². The van der Waals surface area contributed by atoms with Crippen LogP contribution in [0.5, 0.6) is 11.5 Å². The molecule has 1 atom stereocenters. The predicted octanol–water partition coefficient (Wildman–Crippen LogP) is 4.55. The third-order valence-corrected chi connectivity index (χ3v) is 5.42. The van der Waals surface area contributed by atoms with E-state index in [2.05, 4.69) is 0 Å². The van der Waals surface area contributed by atoms with Gasteiger partial charge in [-0.1, -0.05) is 11.6 Å². The molecule has 27 heavy (non-hydrogen) atoms. The first kappa shape index (κ1) is 19.4. The molecular weight excluding hydrogens is 368 g/mol. The van der Waals surface area contributed by atoms with E-state index in [9.17, 15) is 4.79 Å². The summed E-state index contributed by atoms with van der Waals surface area (Å²) in [4.78, 5) is 13.2. The standard InChI is InChI=1S/C21H23ClO5/c1-24-15-9-7-12-5-6-14(19(23)17(12)20(15)26-3)11-13-8-10-16(25-2)21(27-4)18(13)22/h8-12H,5-7H2,1-4H3. The van der Waals surface area contributed by atoms with Crippen molar-refractivity contribution in [2.24, 2.45) is 5.92 Å². The maximum Gasteiger partial charge on any atom is 0.189 e. The first-order valence-electron chi connectivity index (χ1n) is 8.74. The van der Waals surface area contributed by atoms with Crippen molar-refractivity contribution < 1.29 is 23.7 Å². The van der Waals surface area contributed by atoms with Gasteiger partial charge in [0, 0.05) is 11.1 Å². The van der Waals surface area contributed by atoms with E-state index >= 15 is 0 Å². The van der Waals surface area contributed by atoms with Crippen molar-refractivity contribution in [3.8, 4) is 11.5 Å². The molecule has 1 aromatic rings. The number of allylic oxidation sites excluding steroid dienone is 3. The minimum absolute atomic E-state index is 0.0170. The second-order valence-corrected chi connectivity index (χ2v) is 6.77. The van der Waals surface area contributed by atoms with Gasteiger partial charge in [0.05, 0.1) is 33.5 Å². The van der Waals surface area contributed by atoms with Gasteiger partial charge in [0.2, 0.25) is 0 Å². The monoisotopic (exact) mass is 390 g/mol. The molecule has 1 unspecified atom stereocenters. The Labute approximate surface area is 164 Å². The van der Waals surface area contributed by atoms with Crippen LogP contribution in [0.2, 0.25) is 5.02 Å². The third-order valence-electron chi connectivity index (χ3n) is 5.03. The summed E-state index contributed by atoms with van der Waals surface area (Å²) in [5, 5.41) is 0.418. The van der Waals surface area contributed by atoms with Gasteiger partial charge in [0.25, 0.3) is 0 Å². The molecule has 0 aromatic heterocycles. The number of methoxy groups -OCH3 is 4. The van der Waals surface area contributed by atoms with Gasteiger partial charge in [0.1, 0.15) is 0 Å². The molecule has 0 heterocycles. The fraction of sp³-hybridized carbons (Fsp3) is 0.381. The van der Waals surface area contributed by atoms with Gasteiger partial charge in [-0.2, -0.15) is 0 Å². The molecule has 2 aliphatic rings. The summed E-state index contributed by atoms with van der Waals surface area (Å²) in [5.41, 5.74) is 2.10. The number of halogens is 1. The average Bonchev–Trinajstić information content (AvgIpc) is 2.70. The average molecular weight is 391 g/mol. The number of fused-ring (bicyclic) bond motifs is 1. The quantitative estimate of drug-likeness (QED) is 0.690. The molecule has 5 nitrogen and oxygen atoms in total. The highest BCUT2D eigenvalue weighted by atomic mass is 35.5. The van der Waals surface area contributed by atoms with Crippen LogP contribution in [-0.4, -0.2) is 34.2 Å². The summed E-state index contributed by atoms with van der Waals surface area (Å²) in [5.74, 6) is 2.28. The van der Waals surface area contributed by atoms with Crippen LogP contribution < -0.4 is 9.47 Å². The van der Waals surface area contributed by atoms with Crippen LogP contribution in [-0.2, 0) is 14.3 Å². The highest BCUT2D eigenvalue weighted by molar-refractivity contribution is 6.34. The van der Waals surface area contributed by atoms with Crippen molar-refractivity contribution in [3.05, 3.63) is 51.5 Å². The molecule has 6 heteroatoms. The molecule has 1 fully saturated rings. The molecule has 0 N–H and O–H groups in total. The number of hydrogen-bond acceptors (Lipinski definition) is 5. The van der Waals surface area contributed by atoms with Gasteiger partial charge in [-0.05, 0) is 55.0 Å². The van der Waals surface area contributed by atoms with Gasteiger partial charge < -0.3 is 18.9 Å². The zero-order valence-electron chi connectivity index (χ0n) is 15.9. The molecular formula is C21H23ClO5. The lowest BCUT2D eigenvalue weighted by Gasteiger charge is -2.30. The van der Waals surface area contributed by atoms with E-state index in [1.54, 1.807) is 27.4 Å². The number of Topliss-reactive ketones (excluding diaryl/α,β-unsaturated/α-hetero) is 1. The topological polar surface area (TPSA) is 54.0 Å². The van der Waals surface area contributed by atoms with Crippen LogP contribution in [0.4, 0.5) is 0 Å². The van der Waals surface area contributed by atoms with Gasteiger partial charge in [-0.25, -0.2) is 0 Å². The Hall–Kier alpha value is -2.40. The Bertz CT molecular complexity index is 850. The smallest absolute Gasteiger partial charge is 0.189 e. The van der Waals surface area contributed by atoms with Crippen molar-refractivity contribution in [1.29, 1.82) is 0 Å². The minimum atomic E-state index is -0.0170. The second kappa shape index (κ2) is 8.09. The summed E-state index contributed by atoms with van der Waals surface area (Å²) in [6.45, 7) is 0. The zero-order chi connectivity index (χ0) is 19.6. The third kappa shape index (κ3) is 3.44. The minimum Gasteiger partial charge on any atom is -0.493 e. The highest BCUT2D eigenvalue weighted by Gasteiger charge is 2.36. The molecule has 2 aliphatic carbocycles. The van der Waals surface area contributed by atoms with Crippen LogP contribution in [0.25, 0.3) is 6.08 Å². The maximum absolute atomic E-state index is 13.2. The lowest BCUT2D eigenvalue weighted by Crippen LogP contribution is -2.26. The van der Waals surface area contributed by atoms with Gasteiger partial charge in [-0.15, -0.1) is 0 Å². The maximum atomic E-state index is 13.2. The van der Waals surface area contributed by atoms with Crippen molar-refractivity contribution in [3.63, 3.8) is 0 Å². The molecule has 1 saturated carbocycles. The molecule has 1 aromatic carbocycles. The molecule has 144 valence electrons. The molecule has 0 bridgehead atoms. The van der Waals surface area contributed by atoms with E-state index in [1.807, 2.05) is 18.2 Å². The predicted molar refractivity (Wildman–Crippen MR) is 104 cm³/mol. The van der Waals surface area contributed by atoms with Crippen LogP contribution >= 0.6 is 11.6 Å². The Morgan fingerprint density at radius 2 is 1.85 bits per heavy atom. The summed E-state index contributed by atoms with van der Waals surface area (Å²) in [6.07, 6.45) is 6.15. The number of carbonyl (C=O) groups excluding carboxylic acids is 1. The van der Waals surface area contributed by atoms with Crippen molar-refractivity contribution in [2.75, 3.05) is 28.4 Å². The summed E-state index contributed by atoms with van der Waals surface area (Å²) < 4.78 is 21.5. The SMILES string of the molecule is COC1=CCC2CCC(=Cc3ccc(OC)c(OC)c3Cl)C(=O)C2=C1OC. The number of carbonyl (C=O) groups is 1. The number of rotatable bonds is 5. The van der Waals surface area contributed by atoms with Crippen LogP contribution in [0.1, 0.15) is 24.8 Å². The summed E-state index contributed by atoms with van der Waals surface area (Å²) in [6, 6.07) is 3.60. The van der Waals surface area contributed by atoms with E-state index in [-0.39, 0.29) is 11.7 Å². The van der Waals surface area contributed by atoms with Crippen LogP contribution in [0.15, 0.2) is 40.9 Å². The fourth-order valence-corrected chi connectivity index (χ4v) is 3.96. The molecule has 0 saturated heterocycles. The number of hydrogen-bond donors (Lipinski definition) is 0. The largest absolute Gasteiger partial charge is 0.493 e. The highest BCUT2D eigenvalue weighted by Crippen LogP contribution is 2.42. The molecule has 0 aliphatic heterocycles. The van der Waals surface area contributed by atoms with Gasteiger partial charge in [0.15, 0.2) is 28.8 Å². The number of ether oxygens (including phenoxy) is 4. The van der Waals surface area contributed by atoms with E-state index in [0.29, 0.717) is 51.2 Å². The number of benzene rings is 1. The summed E-state index contributed by atoms with van der Waals surface area (Å²) in [7, 11) is 6.24. The second-order valence-electron chi connectivity index (χ2n) is 6.39. The summed E-state index contributed by atoms with van der Waals surface area (Å²) >= 11 is 6.47. The van der Waals surface area contributed by atoms with Crippen molar-refractivity contribution >= 4 is 23.5 Å². The lowest BCUT2D eigenvalue weighted by atomic mass is 9.75. The van der Waals surface area contributed by atoms with E-state index in [1.165, 1.54) is 7.11 Å². The molecule has 3 rings (SSSR count). The molecule has 0 radical (unpaired) electrons. The Balaban J connectivity index is 2.03. The number of ketones is 1. The first-order chi connectivity index (χ1) is 13.0. The van der Waals surface area contributed by atoms with Crippen LogP contribution in [0.3, 0.4) is 0 Å². The zero-order valence-corrected chi connectivity index (χ0v) is 16.7.